The van der Waals surface area contributed by atoms with Crippen LogP contribution in [0.2, 0.25) is 0 Å². The van der Waals surface area contributed by atoms with Gasteiger partial charge in [0, 0.05) is 5.69 Å². The second kappa shape index (κ2) is 7.59. The van der Waals surface area contributed by atoms with Crippen LogP contribution in [0.5, 0.6) is 0 Å². The zero-order chi connectivity index (χ0) is 7.82. The summed E-state index contributed by atoms with van der Waals surface area (Å²) in [4.78, 5) is 0. The molecular weight excluding hydrogens is 248 g/mol. The third-order valence-corrected chi connectivity index (χ3v) is 0.800. The topological polar surface area (TPSA) is 26.0 Å². The van der Waals surface area contributed by atoms with E-state index in [1.165, 1.54) is 0 Å². The first-order chi connectivity index (χ1) is 4.81. The predicted octanol–water partition coefficient (Wildman–Crippen LogP) is 2.65. The van der Waals surface area contributed by atoms with E-state index in [0.29, 0.717) is 0 Å². The summed E-state index contributed by atoms with van der Waals surface area (Å²) in [5.41, 5.74) is 6.18. The van der Waals surface area contributed by atoms with Crippen molar-refractivity contribution < 1.29 is 20.8 Å². The van der Waals surface area contributed by atoms with Gasteiger partial charge in [-0.05, 0) is 12.1 Å². The van der Waals surface area contributed by atoms with Crippen LogP contribution >= 0.6 is 17.0 Å². The van der Waals surface area contributed by atoms with Crippen LogP contribution in [0.1, 0.15) is 0 Å². The molecule has 0 atom stereocenters. The number of benzene rings is 1. The molecule has 0 bridgehead atoms. The van der Waals surface area contributed by atoms with E-state index in [2.05, 4.69) is 0 Å². The fourth-order valence-corrected chi connectivity index (χ4v) is 0.453. The Labute approximate surface area is 79.2 Å². The van der Waals surface area contributed by atoms with Crippen LogP contribution in [0.15, 0.2) is 30.3 Å². The molecule has 0 aromatic heterocycles. The summed E-state index contributed by atoms with van der Waals surface area (Å²) in [6.07, 6.45) is 0. The van der Waals surface area contributed by atoms with Gasteiger partial charge in [-0.2, -0.15) is 0 Å². The van der Waals surface area contributed by atoms with Crippen molar-refractivity contribution in [2.75, 3.05) is 5.73 Å². The molecule has 54 valence electrons. The van der Waals surface area contributed by atoms with Gasteiger partial charge in [0.25, 0.3) is 0 Å². The van der Waals surface area contributed by atoms with Crippen LogP contribution in [0.4, 0.5) is 5.69 Å². The number of anilines is 1. The predicted molar refractivity (Wildman–Crippen MR) is 42.6 cm³/mol. The van der Waals surface area contributed by atoms with Gasteiger partial charge >= 0.3 is 37.9 Å². The quantitative estimate of drug-likeness (QED) is 0.709. The molecule has 10 heavy (non-hydrogen) atoms. The first-order valence-corrected chi connectivity index (χ1v) is 8.91. The van der Waals surface area contributed by atoms with Gasteiger partial charge in [-0.1, -0.05) is 18.2 Å². The van der Waals surface area contributed by atoms with Gasteiger partial charge in [-0.3, -0.25) is 0 Å². The SMILES string of the molecule is Nc1ccccc1.[Cl][Zr][Cl]. The van der Waals surface area contributed by atoms with E-state index in [4.69, 9.17) is 22.8 Å². The summed E-state index contributed by atoms with van der Waals surface area (Å²) in [5, 5.41) is 0. The molecule has 1 rings (SSSR count). The zero-order valence-corrected chi connectivity index (χ0v) is 9.19. The van der Waals surface area contributed by atoms with Crippen LogP contribution < -0.4 is 5.73 Å². The maximum atomic E-state index is 5.36. The number of rotatable bonds is 0. The van der Waals surface area contributed by atoms with E-state index in [0.717, 1.165) is 5.69 Å². The van der Waals surface area contributed by atoms with Gasteiger partial charge in [-0.15, -0.1) is 0 Å². The average molecular weight is 255 g/mol. The minimum atomic E-state index is -0.826. The third kappa shape index (κ3) is 6.60. The van der Waals surface area contributed by atoms with Gasteiger partial charge in [0.1, 0.15) is 0 Å². The second-order valence-electron chi connectivity index (χ2n) is 1.48. The molecule has 2 N–H and O–H groups in total. The number of hydrogen-bond donors (Lipinski definition) is 1. The number of nitrogens with two attached hydrogens (primary N) is 1. The van der Waals surface area contributed by atoms with Crippen molar-refractivity contribution in [1.29, 1.82) is 0 Å². The molecule has 0 fully saturated rings. The Morgan fingerprint density at radius 1 is 1.10 bits per heavy atom. The van der Waals surface area contributed by atoms with E-state index in [9.17, 15) is 0 Å². The summed E-state index contributed by atoms with van der Waals surface area (Å²) in [6, 6.07) is 9.49. The van der Waals surface area contributed by atoms with Gasteiger partial charge in [0.05, 0.1) is 0 Å². The van der Waals surface area contributed by atoms with E-state index in [1.54, 1.807) is 0 Å². The summed E-state index contributed by atoms with van der Waals surface area (Å²) < 4.78 is 0. The molecule has 4 heteroatoms. The van der Waals surface area contributed by atoms with Crippen LogP contribution in [0, 0.1) is 0 Å². The molecule has 1 aromatic rings. The third-order valence-electron chi connectivity index (χ3n) is 0.800. The van der Waals surface area contributed by atoms with Crippen LogP contribution in [-0.4, -0.2) is 0 Å². The number of para-hydroxylation sites is 1. The average Bonchev–Trinajstić information content (AvgIpc) is 1.91. The summed E-state index contributed by atoms with van der Waals surface area (Å²) in [5.74, 6) is 0. The van der Waals surface area contributed by atoms with Crippen molar-refractivity contribution >= 4 is 22.7 Å². The molecule has 1 aromatic carbocycles. The van der Waals surface area contributed by atoms with Gasteiger partial charge in [0.2, 0.25) is 0 Å². The monoisotopic (exact) mass is 253 g/mol. The summed E-state index contributed by atoms with van der Waals surface area (Å²) in [7, 11) is 9.87. The molecule has 0 saturated heterocycles. The molecule has 0 unspecified atom stereocenters. The van der Waals surface area contributed by atoms with Crippen molar-refractivity contribution in [3.63, 3.8) is 0 Å². The van der Waals surface area contributed by atoms with Crippen molar-refractivity contribution in [3.8, 4) is 0 Å². The molecule has 0 heterocycles. The maximum absolute atomic E-state index is 5.36. The van der Waals surface area contributed by atoms with Gasteiger partial charge in [0.15, 0.2) is 0 Å². The van der Waals surface area contributed by atoms with Crippen molar-refractivity contribution in [2.24, 2.45) is 0 Å². The first kappa shape index (κ1) is 10.5. The summed E-state index contributed by atoms with van der Waals surface area (Å²) in [6.45, 7) is 0. The zero-order valence-electron chi connectivity index (χ0n) is 5.22. The van der Waals surface area contributed by atoms with E-state index < -0.39 is 20.8 Å². The Hall–Kier alpha value is 0.483. The molecule has 0 saturated carbocycles. The van der Waals surface area contributed by atoms with Gasteiger partial charge < -0.3 is 5.73 Å². The fourth-order valence-electron chi connectivity index (χ4n) is 0.453. The molecule has 0 aliphatic heterocycles. The van der Waals surface area contributed by atoms with E-state index in [-0.39, 0.29) is 0 Å². The molecule has 0 amide bonds. The Kier molecular flexibility index (Phi) is 7.96. The normalized spacial score (nSPS) is 7.40. The van der Waals surface area contributed by atoms with Crippen molar-refractivity contribution in [2.45, 2.75) is 0 Å². The fraction of sp³-hybridized carbons (Fsp3) is 0. The Morgan fingerprint density at radius 2 is 1.50 bits per heavy atom. The van der Waals surface area contributed by atoms with E-state index >= 15 is 0 Å². The minimum absolute atomic E-state index is 0.822. The molecule has 0 aliphatic carbocycles. The molecule has 1 nitrogen and oxygen atoms in total. The van der Waals surface area contributed by atoms with Crippen LogP contribution in [0.25, 0.3) is 0 Å². The Bertz CT molecular complexity index is 157. The first-order valence-electron chi connectivity index (χ1n) is 2.58. The molecular formula is C6H7Cl2NZr. The second-order valence-corrected chi connectivity index (χ2v) is 5.21. The standard InChI is InChI=1S/C6H7N.2ClH.Zr/c7-6-4-2-1-3-5-6;;;/h1-5H,7H2;2*1H;/q;;;+2/p-2. The summed E-state index contributed by atoms with van der Waals surface area (Å²) >= 11 is -0.826. The van der Waals surface area contributed by atoms with Gasteiger partial charge in [-0.25, -0.2) is 0 Å². The Balaban J connectivity index is 0.000000236. The molecule has 0 spiro atoms. The number of halogens is 2. The molecule has 0 radical (unpaired) electrons. The van der Waals surface area contributed by atoms with Crippen LogP contribution in [-0.2, 0) is 20.8 Å². The number of hydrogen-bond acceptors (Lipinski definition) is 1. The van der Waals surface area contributed by atoms with E-state index in [1.807, 2.05) is 30.3 Å². The van der Waals surface area contributed by atoms with Crippen molar-refractivity contribution in [3.05, 3.63) is 30.3 Å². The Morgan fingerprint density at radius 3 is 1.70 bits per heavy atom. The van der Waals surface area contributed by atoms with Crippen molar-refractivity contribution in [1.82, 2.24) is 0 Å². The van der Waals surface area contributed by atoms with Crippen LogP contribution in [0.3, 0.4) is 0 Å². The number of nitrogen functional groups attached to an aromatic ring is 1. The molecule has 0 aliphatic rings.